The van der Waals surface area contributed by atoms with Gasteiger partial charge in [-0.3, -0.25) is 15.4 Å². The monoisotopic (exact) mass is 608 g/mol. The zero-order chi connectivity index (χ0) is 24.8. The molecular formula is C21H24F3IN6O2S. The lowest BCUT2D eigenvalue weighted by atomic mass is 9.99. The molecule has 34 heavy (non-hydrogen) atoms. The van der Waals surface area contributed by atoms with Crippen molar-refractivity contribution in [1.82, 2.24) is 14.5 Å². The SMILES string of the molecule is Cc1nsc2[nH]cc(CN(O)Nc3ccc(N4[C@H](C)CCCC4(N)I)cc3C(F)(F)F)c(=O)c12. The number of pyridine rings is 1. The van der Waals surface area contributed by atoms with Gasteiger partial charge in [0, 0.05) is 23.5 Å². The predicted molar refractivity (Wildman–Crippen MR) is 134 cm³/mol. The predicted octanol–water partition coefficient (Wildman–Crippen LogP) is 4.96. The number of hydrogen-bond acceptors (Lipinski definition) is 8. The van der Waals surface area contributed by atoms with Crippen molar-refractivity contribution in [1.29, 1.82) is 0 Å². The van der Waals surface area contributed by atoms with E-state index in [9.17, 15) is 23.2 Å². The molecule has 1 unspecified atom stereocenters. The third kappa shape index (κ3) is 4.89. The van der Waals surface area contributed by atoms with Crippen LogP contribution in [0, 0.1) is 6.92 Å². The highest BCUT2D eigenvalue weighted by molar-refractivity contribution is 14.1. The van der Waals surface area contributed by atoms with E-state index in [1.165, 1.54) is 12.3 Å². The fourth-order valence-electron chi connectivity index (χ4n) is 4.32. The highest BCUT2D eigenvalue weighted by atomic mass is 127. The van der Waals surface area contributed by atoms with Gasteiger partial charge in [-0.25, -0.2) is 0 Å². The summed E-state index contributed by atoms with van der Waals surface area (Å²) >= 11 is 3.22. The maximum absolute atomic E-state index is 14.0. The van der Waals surface area contributed by atoms with Crippen molar-refractivity contribution in [2.24, 2.45) is 5.73 Å². The van der Waals surface area contributed by atoms with Crippen LogP contribution in [0.4, 0.5) is 24.5 Å². The number of nitrogens with two attached hydrogens (primary N) is 1. The molecule has 1 aliphatic rings. The molecule has 0 bridgehead atoms. The van der Waals surface area contributed by atoms with Crippen LogP contribution < -0.4 is 21.5 Å². The highest BCUT2D eigenvalue weighted by Crippen LogP contribution is 2.42. The number of hydroxylamine groups is 1. The summed E-state index contributed by atoms with van der Waals surface area (Å²) in [5, 5.41) is 11.2. The summed E-state index contributed by atoms with van der Waals surface area (Å²) in [6, 6.07) is 3.82. The van der Waals surface area contributed by atoms with E-state index in [2.05, 4.69) is 37.4 Å². The van der Waals surface area contributed by atoms with E-state index >= 15 is 0 Å². The molecule has 0 aliphatic carbocycles. The van der Waals surface area contributed by atoms with Gasteiger partial charge in [0.1, 0.15) is 8.50 Å². The number of anilines is 2. The molecule has 0 amide bonds. The Hall–Kier alpha value is -1.94. The highest BCUT2D eigenvalue weighted by Gasteiger charge is 2.39. The molecule has 0 spiro atoms. The van der Waals surface area contributed by atoms with Crippen molar-refractivity contribution < 1.29 is 18.4 Å². The second kappa shape index (κ2) is 9.26. The Balaban J connectivity index is 1.62. The van der Waals surface area contributed by atoms with E-state index in [4.69, 9.17) is 5.73 Å². The summed E-state index contributed by atoms with van der Waals surface area (Å²) < 4.78 is 45.2. The lowest BCUT2D eigenvalue weighted by molar-refractivity contribution is -0.137. The zero-order valence-corrected chi connectivity index (χ0v) is 21.4. The largest absolute Gasteiger partial charge is 0.418 e. The van der Waals surface area contributed by atoms with E-state index < -0.39 is 15.4 Å². The molecular weight excluding hydrogens is 584 g/mol. The standard InChI is InChI=1S/C21H24F3IN6O2S/c1-11-4-3-7-20(25,26)31(11)14-5-6-16(15(8-14)21(22,23)24)28-30(33)10-13-9-27-19-17(18(13)32)12(2)29-34-19/h5-6,8-9,11,28,33H,3-4,7,10,26H2,1-2H3,(H,27,32)/t11-,20?/m1/s1. The summed E-state index contributed by atoms with van der Waals surface area (Å²) in [6.45, 7) is 3.29. The van der Waals surface area contributed by atoms with E-state index in [-0.39, 0.29) is 29.3 Å². The number of H-pyrrole nitrogens is 1. The first-order valence-corrected chi connectivity index (χ1v) is 12.4. The van der Waals surface area contributed by atoms with Gasteiger partial charge in [0.05, 0.1) is 28.9 Å². The smallest absolute Gasteiger partial charge is 0.351 e. The van der Waals surface area contributed by atoms with Gasteiger partial charge in [-0.2, -0.15) is 17.5 Å². The number of nitrogens with zero attached hydrogens (tertiary/aromatic N) is 3. The van der Waals surface area contributed by atoms with Crippen LogP contribution in [0.1, 0.15) is 43.0 Å². The number of piperidine rings is 1. The van der Waals surface area contributed by atoms with Crippen molar-refractivity contribution in [3.8, 4) is 0 Å². The lowest BCUT2D eigenvalue weighted by Crippen LogP contribution is -2.57. The number of aryl methyl sites for hydroxylation is 1. The van der Waals surface area contributed by atoms with Crippen LogP contribution in [-0.4, -0.2) is 29.4 Å². The van der Waals surface area contributed by atoms with Crippen LogP contribution in [0.25, 0.3) is 10.2 Å². The molecule has 3 aromatic rings. The average Bonchev–Trinajstić information content (AvgIpc) is 3.11. The quantitative estimate of drug-likeness (QED) is 0.140. The summed E-state index contributed by atoms with van der Waals surface area (Å²) in [7, 11) is 0. The summed E-state index contributed by atoms with van der Waals surface area (Å²) in [4.78, 5) is 18.1. The summed E-state index contributed by atoms with van der Waals surface area (Å²) in [5.41, 5.74) is 8.21. The summed E-state index contributed by atoms with van der Waals surface area (Å²) in [5.74, 6) is 0. The minimum absolute atomic E-state index is 0.0263. The van der Waals surface area contributed by atoms with Crippen LogP contribution in [0.5, 0.6) is 0 Å². The third-order valence-corrected chi connectivity index (χ3v) is 7.83. The normalized spacial score (nSPS) is 21.4. The molecule has 13 heteroatoms. The number of hydrogen-bond donors (Lipinski definition) is 4. The van der Waals surface area contributed by atoms with Crippen molar-refractivity contribution in [2.75, 3.05) is 10.3 Å². The number of hydrazine groups is 1. The molecule has 2 atom stereocenters. The van der Waals surface area contributed by atoms with Crippen LogP contribution >= 0.6 is 34.1 Å². The molecule has 5 N–H and O–H groups in total. The van der Waals surface area contributed by atoms with Gasteiger partial charge in [-0.1, -0.05) is 5.17 Å². The van der Waals surface area contributed by atoms with Crippen molar-refractivity contribution in [3.63, 3.8) is 0 Å². The number of benzene rings is 1. The van der Waals surface area contributed by atoms with Gasteiger partial charge in [-0.15, -0.1) is 0 Å². The van der Waals surface area contributed by atoms with E-state index in [0.717, 1.165) is 30.4 Å². The van der Waals surface area contributed by atoms with Gasteiger partial charge in [0.25, 0.3) is 0 Å². The number of alkyl halides is 4. The minimum atomic E-state index is -4.68. The molecule has 0 saturated carbocycles. The lowest BCUT2D eigenvalue weighted by Gasteiger charge is -2.46. The Labute approximate surface area is 211 Å². The van der Waals surface area contributed by atoms with Gasteiger partial charge >= 0.3 is 6.18 Å². The van der Waals surface area contributed by atoms with Gasteiger partial charge < -0.3 is 15.6 Å². The maximum atomic E-state index is 14.0. The first kappa shape index (κ1) is 25.2. The molecule has 1 saturated heterocycles. The molecule has 2 aromatic heterocycles. The first-order valence-electron chi connectivity index (χ1n) is 10.6. The minimum Gasteiger partial charge on any atom is -0.351 e. The van der Waals surface area contributed by atoms with Crippen LogP contribution in [0.15, 0.2) is 29.2 Å². The second-order valence-electron chi connectivity index (χ2n) is 8.44. The van der Waals surface area contributed by atoms with Crippen molar-refractivity contribution >= 4 is 55.7 Å². The van der Waals surface area contributed by atoms with Gasteiger partial charge in [0.15, 0.2) is 5.43 Å². The number of aromatic amines is 1. The first-order chi connectivity index (χ1) is 15.9. The molecule has 8 nitrogen and oxygen atoms in total. The van der Waals surface area contributed by atoms with Crippen molar-refractivity contribution in [3.05, 3.63) is 51.4 Å². The van der Waals surface area contributed by atoms with Crippen LogP contribution in [0.3, 0.4) is 0 Å². The fourth-order valence-corrected chi connectivity index (χ4v) is 6.21. The zero-order valence-electron chi connectivity index (χ0n) is 18.4. The molecule has 4 rings (SSSR count). The number of aromatic nitrogens is 2. The number of halogens is 4. The van der Waals surface area contributed by atoms with Gasteiger partial charge in [-0.05, 0) is 85.4 Å². The van der Waals surface area contributed by atoms with E-state index in [1.54, 1.807) is 17.9 Å². The number of fused-ring (bicyclic) bond motifs is 1. The second-order valence-corrected chi connectivity index (χ2v) is 11.1. The van der Waals surface area contributed by atoms with Crippen LogP contribution in [-0.2, 0) is 12.7 Å². The molecule has 1 aromatic carbocycles. The Morgan fingerprint density at radius 1 is 1.47 bits per heavy atom. The molecule has 1 fully saturated rings. The summed E-state index contributed by atoms with van der Waals surface area (Å²) in [6.07, 6.45) is -0.891. The average molecular weight is 608 g/mol. The Bertz CT molecular complexity index is 1260. The van der Waals surface area contributed by atoms with Crippen molar-refractivity contribution in [2.45, 2.75) is 55.5 Å². The van der Waals surface area contributed by atoms with E-state index in [1.807, 2.05) is 6.92 Å². The Morgan fingerprint density at radius 3 is 2.88 bits per heavy atom. The van der Waals surface area contributed by atoms with E-state index in [0.29, 0.717) is 33.2 Å². The number of nitrogens with one attached hydrogen (secondary N) is 2. The van der Waals surface area contributed by atoms with Gasteiger partial charge in [0.2, 0.25) is 0 Å². The maximum Gasteiger partial charge on any atom is 0.418 e. The molecule has 184 valence electrons. The topological polar surface area (TPSA) is 111 Å². The Morgan fingerprint density at radius 2 is 2.21 bits per heavy atom. The molecule has 1 aliphatic heterocycles. The fraction of sp³-hybridized carbons (Fsp3) is 0.429. The van der Waals surface area contributed by atoms with Crippen LogP contribution in [0.2, 0.25) is 0 Å². The molecule has 0 radical (unpaired) electrons. The third-order valence-electron chi connectivity index (χ3n) is 5.91. The Kier molecular flexibility index (Phi) is 6.85. The number of rotatable bonds is 5. The molecule has 3 heterocycles.